The minimum atomic E-state index is -0.504. The number of carbonyl (C=O) groups is 1. The van der Waals surface area contributed by atoms with Crippen LogP contribution in [-0.4, -0.2) is 62.4 Å². The van der Waals surface area contributed by atoms with Gasteiger partial charge >= 0.3 is 6.09 Å². The summed E-state index contributed by atoms with van der Waals surface area (Å²) in [5.74, 6) is 0. The third kappa shape index (κ3) is 5.00. The first-order valence-corrected chi connectivity index (χ1v) is 13.3. The Labute approximate surface area is 231 Å². The molecule has 0 radical (unpaired) electrons. The molecule has 0 N–H and O–H groups in total. The quantitative estimate of drug-likeness (QED) is 0.266. The van der Waals surface area contributed by atoms with Gasteiger partial charge in [-0.25, -0.2) is 14.3 Å². The molecule has 6 rings (SSSR count). The molecule has 1 saturated heterocycles. The maximum atomic E-state index is 12.4. The Bertz CT molecular complexity index is 1680. The van der Waals surface area contributed by atoms with Crippen LogP contribution in [0.3, 0.4) is 0 Å². The average Bonchev–Trinajstić information content (AvgIpc) is 3.35. The number of amides is 1. The van der Waals surface area contributed by atoms with E-state index in [-0.39, 0.29) is 6.09 Å². The largest absolute Gasteiger partial charge is 0.444 e. The van der Waals surface area contributed by atoms with Crippen LogP contribution in [0.5, 0.6) is 0 Å². The molecule has 0 unspecified atom stereocenters. The summed E-state index contributed by atoms with van der Waals surface area (Å²) in [7, 11) is 0. The highest BCUT2D eigenvalue weighted by Crippen LogP contribution is 2.34. The van der Waals surface area contributed by atoms with Crippen molar-refractivity contribution in [3.8, 4) is 22.3 Å². The Morgan fingerprint density at radius 3 is 2.51 bits per heavy atom. The molecule has 198 valence electrons. The highest BCUT2D eigenvalue weighted by Gasteiger charge is 2.26. The van der Waals surface area contributed by atoms with E-state index in [1.165, 1.54) is 0 Å². The van der Waals surface area contributed by atoms with E-state index in [4.69, 9.17) is 21.3 Å². The second-order valence-electron chi connectivity index (χ2n) is 10.7. The first-order chi connectivity index (χ1) is 18.8. The predicted molar refractivity (Wildman–Crippen MR) is 154 cm³/mol. The van der Waals surface area contributed by atoms with E-state index < -0.39 is 5.60 Å². The van der Waals surface area contributed by atoms with Gasteiger partial charge in [-0.05, 0) is 56.2 Å². The maximum Gasteiger partial charge on any atom is 0.410 e. The Kier molecular flexibility index (Phi) is 6.35. The Hall–Kier alpha value is -4.17. The lowest BCUT2D eigenvalue weighted by atomic mass is 10.0. The van der Waals surface area contributed by atoms with E-state index >= 15 is 0 Å². The lowest BCUT2D eigenvalue weighted by Gasteiger charge is -2.37. The lowest BCUT2D eigenvalue weighted by molar-refractivity contribution is 0.0240. The normalized spacial score (nSPS) is 14.3. The fourth-order valence-electron chi connectivity index (χ4n) is 4.95. The van der Waals surface area contributed by atoms with Crippen LogP contribution in [0.2, 0.25) is 5.02 Å². The zero-order chi connectivity index (χ0) is 27.1. The summed E-state index contributed by atoms with van der Waals surface area (Å²) in [6.45, 7) is 8.18. The summed E-state index contributed by atoms with van der Waals surface area (Å²) in [6.07, 6.45) is 7.20. The van der Waals surface area contributed by atoms with Crippen LogP contribution in [0.1, 0.15) is 20.8 Å². The van der Waals surface area contributed by atoms with Crippen molar-refractivity contribution in [2.45, 2.75) is 26.4 Å². The van der Waals surface area contributed by atoms with Gasteiger partial charge < -0.3 is 14.5 Å². The SMILES string of the molecule is CC(C)(C)OC(=O)N1CCN(c2ccc(-c3cnc4c(-c5cccc6ncccc56)cnn4c3)cc2Cl)CC1. The van der Waals surface area contributed by atoms with Crippen molar-refractivity contribution in [3.05, 3.63) is 78.3 Å². The average molecular weight is 541 g/mol. The van der Waals surface area contributed by atoms with Gasteiger partial charge in [0, 0.05) is 61.3 Å². The smallest absolute Gasteiger partial charge is 0.410 e. The molecule has 2 aromatic carbocycles. The number of halogens is 1. The Balaban J connectivity index is 1.21. The molecule has 4 heterocycles. The monoisotopic (exact) mass is 540 g/mol. The van der Waals surface area contributed by atoms with Crippen LogP contribution in [0, 0.1) is 0 Å². The van der Waals surface area contributed by atoms with Gasteiger partial charge in [0.1, 0.15) is 5.60 Å². The van der Waals surface area contributed by atoms with Gasteiger partial charge in [-0.15, -0.1) is 0 Å². The van der Waals surface area contributed by atoms with E-state index in [9.17, 15) is 4.79 Å². The second-order valence-corrected chi connectivity index (χ2v) is 11.1. The van der Waals surface area contributed by atoms with Gasteiger partial charge in [-0.1, -0.05) is 35.9 Å². The van der Waals surface area contributed by atoms with Crippen molar-refractivity contribution in [3.63, 3.8) is 0 Å². The number of carbonyl (C=O) groups excluding carboxylic acids is 1. The number of benzene rings is 2. The lowest BCUT2D eigenvalue weighted by Crippen LogP contribution is -2.50. The van der Waals surface area contributed by atoms with E-state index in [1.54, 1.807) is 15.6 Å². The molecule has 1 aliphatic rings. The number of nitrogens with zero attached hydrogens (tertiary/aromatic N) is 6. The van der Waals surface area contributed by atoms with Crippen LogP contribution in [0.4, 0.5) is 10.5 Å². The molecule has 5 aromatic rings. The molecule has 0 aliphatic carbocycles. The molecule has 0 atom stereocenters. The molecular formula is C30H29ClN6O2. The third-order valence-corrected chi connectivity index (χ3v) is 7.15. The van der Waals surface area contributed by atoms with Crippen molar-refractivity contribution < 1.29 is 9.53 Å². The fourth-order valence-corrected chi connectivity index (χ4v) is 5.25. The number of hydrogen-bond donors (Lipinski definition) is 0. The zero-order valence-electron chi connectivity index (χ0n) is 22.1. The topological polar surface area (TPSA) is 75.9 Å². The van der Waals surface area contributed by atoms with Crippen molar-refractivity contribution >= 4 is 39.9 Å². The van der Waals surface area contributed by atoms with Gasteiger partial charge in [-0.2, -0.15) is 5.10 Å². The van der Waals surface area contributed by atoms with Crippen LogP contribution in [0.25, 0.3) is 38.8 Å². The standard InChI is InChI=1S/C30H29ClN6O2/c1-30(2,3)39-29(38)36-14-12-35(13-15-36)27-10-9-20(16-25(27)31)21-17-33-28-24(18-34-37(28)19-21)22-6-4-8-26-23(22)7-5-11-32-26/h4-11,16-19H,12-15H2,1-3H3. The fraction of sp³-hybridized carbons (Fsp3) is 0.267. The van der Waals surface area contributed by atoms with Gasteiger partial charge in [-0.3, -0.25) is 4.98 Å². The van der Waals surface area contributed by atoms with Crippen LogP contribution < -0.4 is 4.90 Å². The molecule has 1 fully saturated rings. The molecule has 39 heavy (non-hydrogen) atoms. The molecular weight excluding hydrogens is 512 g/mol. The maximum absolute atomic E-state index is 12.4. The summed E-state index contributed by atoms with van der Waals surface area (Å²) in [5, 5.41) is 6.32. The molecule has 1 amide bonds. The second kappa shape index (κ2) is 9.85. The number of rotatable bonds is 3. The number of hydrogen-bond acceptors (Lipinski definition) is 6. The number of fused-ring (bicyclic) bond motifs is 2. The summed E-state index contributed by atoms with van der Waals surface area (Å²) in [6, 6.07) is 16.1. The summed E-state index contributed by atoms with van der Waals surface area (Å²) < 4.78 is 7.31. The van der Waals surface area contributed by atoms with Gasteiger partial charge in [0.2, 0.25) is 0 Å². The van der Waals surface area contributed by atoms with Gasteiger partial charge in [0.15, 0.2) is 5.65 Å². The minimum absolute atomic E-state index is 0.273. The Morgan fingerprint density at radius 1 is 0.923 bits per heavy atom. The summed E-state index contributed by atoms with van der Waals surface area (Å²) in [5.41, 5.74) is 6.04. The molecule has 3 aromatic heterocycles. The van der Waals surface area contributed by atoms with E-state index in [1.807, 2.05) is 75.8 Å². The highest BCUT2D eigenvalue weighted by molar-refractivity contribution is 6.33. The van der Waals surface area contributed by atoms with Crippen LogP contribution >= 0.6 is 11.6 Å². The predicted octanol–water partition coefficient (Wildman–Crippen LogP) is 6.32. The number of aromatic nitrogens is 4. The highest BCUT2D eigenvalue weighted by atomic mass is 35.5. The summed E-state index contributed by atoms with van der Waals surface area (Å²) >= 11 is 6.76. The first kappa shape index (κ1) is 25.1. The third-order valence-electron chi connectivity index (χ3n) is 6.85. The molecule has 0 saturated carbocycles. The minimum Gasteiger partial charge on any atom is -0.444 e. The molecule has 9 heteroatoms. The zero-order valence-corrected chi connectivity index (χ0v) is 22.9. The van der Waals surface area contributed by atoms with Crippen molar-refractivity contribution in [2.24, 2.45) is 0 Å². The molecule has 0 spiro atoms. The molecule has 8 nitrogen and oxygen atoms in total. The van der Waals surface area contributed by atoms with E-state index in [0.717, 1.165) is 44.5 Å². The first-order valence-electron chi connectivity index (χ1n) is 13.0. The van der Waals surface area contributed by atoms with Gasteiger partial charge in [0.05, 0.1) is 22.4 Å². The van der Waals surface area contributed by atoms with E-state index in [0.29, 0.717) is 31.2 Å². The number of anilines is 1. The van der Waals surface area contributed by atoms with Crippen molar-refractivity contribution in [1.82, 2.24) is 24.5 Å². The van der Waals surface area contributed by atoms with Gasteiger partial charge in [0.25, 0.3) is 0 Å². The van der Waals surface area contributed by atoms with Crippen molar-refractivity contribution in [1.29, 1.82) is 0 Å². The van der Waals surface area contributed by atoms with Crippen molar-refractivity contribution in [2.75, 3.05) is 31.1 Å². The number of ether oxygens (including phenoxy) is 1. The van der Waals surface area contributed by atoms with E-state index in [2.05, 4.69) is 27.1 Å². The molecule has 1 aliphatic heterocycles. The number of pyridine rings is 1. The van der Waals surface area contributed by atoms with Crippen LogP contribution in [0.15, 0.2) is 73.3 Å². The Morgan fingerprint density at radius 2 is 1.74 bits per heavy atom. The van der Waals surface area contributed by atoms with Crippen LogP contribution in [-0.2, 0) is 4.74 Å². The molecule has 0 bridgehead atoms. The summed E-state index contributed by atoms with van der Waals surface area (Å²) in [4.78, 5) is 25.6. The number of piperazine rings is 1.